The molecule has 2 heterocycles. The van der Waals surface area contributed by atoms with Crippen molar-refractivity contribution in [3.05, 3.63) is 23.4 Å². The summed E-state index contributed by atoms with van der Waals surface area (Å²) < 4.78 is 30.6. The lowest BCUT2D eigenvalue weighted by Crippen LogP contribution is -2.46. The van der Waals surface area contributed by atoms with Gasteiger partial charge in [-0.1, -0.05) is 13.0 Å². The number of ether oxygens (including phenoxy) is 1. The fourth-order valence-corrected chi connectivity index (χ4v) is 4.24. The maximum atomic E-state index is 12.7. The highest BCUT2D eigenvalue weighted by atomic mass is 19.3. The van der Waals surface area contributed by atoms with Crippen LogP contribution in [0.1, 0.15) is 56.7 Å². The number of aromatic nitrogens is 1. The first-order chi connectivity index (χ1) is 16.8. The van der Waals surface area contributed by atoms with Gasteiger partial charge in [-0.3, -0.25) is 4.79 Å². The lowest BCUT2D eigenvalue weighted by Gasteiger charge is -2.25. The Kier molecular flexibility index (Phi) is 12.9. The summed E-state index contributed by atoms with van der Waals surface area (Å²) in [5.41, 5.74) is 2.33. The summed E-state index contributed by atoms with van der Waals surface area (Å²) >= 11 is 0. The topological polar surface area (TPSA) is 104 Å². The Morgan fingerprint density at radius 2 is 2.06 bits per heavy atom. The van der Waals surface area contributed by atoms with E-state index in [-0.39, 0.29) is 12.8 Å². The van der Waals surface area contributed by atoms with Crippen LogP contribution in [0.15, 0.2) is 12.1 Å². The van der Waals surface area contributed by atoms with Gasteiger partial charge in [0.1, 0.15) is 11.9 Å². The van der Waals surface area contributed by atoms with Gasteiger partial charge in [0.2, 0.25) is 12.3 Å². The van der Waals surface area contributed by atoms with E-state index in [1.165, 1.54) is 5.56 Å². The Hall–Kier alpha value is -2.33. The van der Waals surface area contributed by atoms with Crippen molar-refractivity contribution in [2.75, 3.05) is 45.2 Å². The zero-order valence-electron chi connectivity index (χ0n) is 20.9. The van der Waals surface area contributed by atoms with Crippen LogP contribution in [-0.2, 0) is 27.2 Å². The number of anilines is 1. The normalized spacial score (nSPS) is 14.9. The fourth-order valence-electron chi connectivity index (χ4n) is 4.24. The maximum Gasteiger partial charge on any atom is 0.326 e. The molecule has 0 bridgehead atoms. The molecule has 0 aliphatic carbocycles. The third-order valence-corrected chi connectivity index (χ3v) is 6.40. The second-order valence-corrected chi connectivity index (χ2v) is 9.05. The van der Waals surface area contributed by atoms with Crippen LogP contribution < -0.4 is 10.6 Å². The highest BCUT2D eigenvalue weighted by molar-refractivity contribution is 5.84. The Bertz CT molecular complexity index is 797. The second kappa shape index (κ2) is 15.6. The standard InChI is InChI=1S/C25H40F2N4O4/c1-3-18(17-22(26)27)24(32)30-21(25(33)34)11-14-31(15-16-35-2)13-5-4-8-20-10-9-19-7-6-12-28-23(19)29-20/h9-10,18,21-22H,3-8,11-17H2,1-2H3,(H,28,29)(H,30,32)(H,33,34). The lowest BCUT2D eigenvalue weighted by atomic mass is 10.0. The van der Waals surface area contributed by atoms with Crippen LogP contribution in [0.5, 0.6) is 0 Å². The van der Waals surface area contributed by atoms with Gasteiger partial charge in [0.15, 0.2) is 0 Å². The number of methoxy groups -OCH3 is 1. The lowest BCUT2D eigenvalue weighted by molar-refractivity contribution is -0.143. The number of nitrogens with zero attached hydrogens (tertiary/aromatic N) is 2. The van der Waals surface area contributed by atoms with Crippen LogP contribution in [0.4, 0.5) is 14.6 Å². The number of carboxylic acids is 1. The molecule has 2 atom stereocenters. The number of halogens is 2. The number of fused-ring (bicyclic) bond motifs is 1. The Labute approximate surface area is 206 Å². The number of aliphatic carboxylic acids is 1. The third kappa shape index (κ3) is 10.4. The number of hydrogen-bond acceptors (Lipinski definition) is 6. The van der Waals surface area contributed by atoms with Crippen LogP contribution in [0.3, 0.4) is 0 Å². The van der Waals surface area contributed by atoms with Gasteiger partial charge in [-0.05, 0) is 63.1 Å². The fraction of sp³-hybridized carbons (Fsp3) is 0.720. The summed E-state index contributed by atoms with van der Waals surface area (Å²) in [6.45, 7) is 4.96. The van der Waals surface area contributed by atoms with Crippen molar-refractivity contribution in [1.29, 1.82) is 0 Å². The molecule has 1 aliphatic rings. The summed E-state index contributed by atoms with van der Waals surface area (Å²) in [4.78, 5) is 30.9. The van der Waals surface area contributed by atoms with E-state index < -0.39 is 36.7 Å². The predicted molar refractivity (Wildman–Crippen MR) is 131 cm³/mol. The number of pyridine rings is 1. The SMILES string of the molecule is CCC(CC(F)F)C(=O)NC(CCN(CCCCc1ccc2c(n1)NCCC2)CCOC)C(=O)O. The number of hydrogen-bond donors (Lipinski definition) is 3. The van der Waals surface area contributed by atoms with Gasteiger partial charge in [-0.15, -0.1) is 0 Å². The number of rotatable bonds is 17. The molecule has 1 aliphatic heterocycles. The van der Waals surface area contributed by atoms with E-state index in [9.17, 15) is 23.5 Å². The smallest absolute Gasteiger partial charge is 0.326 e. The van der Waals surface area contributed by atoms with E-state index in [2.05, 4.69) is 27.7 Å². The van der Waals surface area contributed by atoms with Gasteiger partial charge >= 0.3 is 5.97 Å². The number of aryl methyl sites for hydroxylation is 2. The summed E-state index contributed by atoms with van der Waals surface area (Å²) in [5.74, 6) is -1.69. The van der Waals surface area contributed by atoms with Crippen LogP contribution in [-0.4, -0.2) is 79.2 Å². The minimum Gasteiger partial charge on any atom is -0.480 e. The van der Waals surface area contributed by atoms with Crippen molar-refractivity contribution in [3.63, 3.8) is 0 Å². The number of alkyl halides is 2. The number of amides is 1. The minimum atomic E-state index is -2.61. The molecule has 35 heavy (non-hydrogen) atoms. The number of carboxylic acid groups (broad SMARTS) is 1. The molecule has 8 nitrogen and oxygen atoms in total. The van der Waals surface area contributed by atoms with Gasteiger partial charge in [0.25, 0.3) is 0 Å². The van der Waals surface area contributed by atoms with Gasteiger partial charge in [0, 0.05) is 44.8 Å². The largest absolute Gasteiger partial charge is 0.480 e. The van der Waals surface area contributed by atoms with Gasteiger partial charge in [-0.2, -0.15) is 0 Å². The molecule has 1 aromatic rings. The molecule has 0 saturated carbocycles. The van der Waals surface area contributed by atoms with Crippen molar-refractivity contribution in [1.82, 2.24) is 15.2 Å². The Balaban J connectivity index is 1.82. The van der Waals surface area contributed by atoms with E-state index in [4.69, 9.17) is 9.72 Å². The molecule has 2 rings (SSSR count). The first kappa shape index (κ1) is 28.9. The molecule has 0 radical (unpaired) electrons. The summed E-state index contributed by atoms with van der Waals surface area (Å²) in [6.07, 6.45) is 2.16. The van der Waals surface area contributed by atoms with Crippen molar-refractivity contribution in [3.8, 4) is 0 Å². The van der Waals surface area contributed by atoms with Crippen LogP contribution in [0.2, 0.25) is 0 Å². The number of carbonyl (C=O) groups excluding carboxylic acids is 1. The second-order valence-electron chi connectivity index (χ2n) is 9.05. The molecular weight excluding hydrogens is 458 g/mol. The zero-order chi connectivity index (χ0) is 25.6. The highest BCUT2D eigenvalue weighted by Crippen LogP contribution is 2.20. The van der Waals surface area contributed by atoms with Crippen LogP contribution in [0, 0.1) is 5.92 Å². The summed E-state index contributed by atoms with van der Waals surface area (Å²) in [6, 6.07) is 3.12. The zero-order valence-corrected chi connectivity index (χ0v) is 20.9. The van der Waals surface area contributed by atoms with Gasteiger partial charge in [-0.25, -0.2) is 18.6 Å². The Morgan fingerprint density at radius 3 is 2.74 bits per heavy atom. The number of carbonyl (C=O) groups is 2. The molecule has 3 N–H and O–H groups in total. The molecule has 0 spiro atoms. The molecule has 2 unspecified atom stereocenters. The molecule has 0 aromatic carbocycles. The first-order valence-electron chi connectivity index (χ1n) is 12.6. The number of nitrogens with one attached hydrogen (secondary N) is 2. The van der Waals surface area contributed by atoms with Crippen molar-refractivity contribution in [2.24, 2.45) is 5.92 Å². The van der Waals surface area contributed by atoms with E-state index in [1.54, 1.807) is 14.0 Å². The molecule has 198 valence electrons. The van der Waals surface area contributed by atoms with Gasteiger partial charge in [0.05, 0.1) is 6.61 Å². The Morgan fingerprint density at radius 1 is 1.26 bits per heavy atom. The average Bonchev–Trinajstić information content (AvgIpc) is 2.84. The quantitative estimate of drug-likeness (QED) is 0.283. The van der Waals surface area contributed by atoms with Crippen LogP contribution >= 0.6 is 0 Å². The monoisotopic (exact) mass is 498 g/mol. The maximum absolute atomic E-state index is 12.7. The predicted octanol–water partition coefficient (Wildman–Crippen LogP) is 3.35. The summed E-state index contributed by atoms with van der Waals surface area (Å²) in [5, 5.41) is 15.4. The van der Waals surface area contributed by atoms with E-state index in [0.717, 1.165) is 56.7 Å². The average molecular weight is 499 g/mol. The van der Waals surface area contributed by atoms with Crippen molar-refractivity contribution >= 4 is 17.7 Å². The third-order valence-electron chi connectivity index (χ3n) is 6.40. The van der Waals surface area contributed by atoms with E-state index in [1.807, 2.05) is 0 Å². The molecule has 0 saturated heterocycles. The van der Waals surface area contributed by atoms with E-state index in [0.29, 0.717) is 19.7 Å². The molecule has 10 heteroatoms. The molecular formula is C25H40F2N4O4. The minimum absolute atomic E-state index is 0.188. The first-order valence-corrected chi connectivity index (χ1v) is 12.6. The summed E-state index contributed by atoms with van der Waals surface area (Å²) in [7, 11) is 1.61. The molecule has 1 aromatic heterocycles. The van der Waals surface area contributed by atoms with E-state index >= 15 is 0 Å². The van der Waals surface area contributed by atoms with Crippen molar-refractivity contribution < 1.29 is 28.2 Å². The molecule has 1 amide bonds. The highest BCUT2D eigenvalue weighted by Gasteiger charge is 2.26. The van der Waals surface area contributed by atoms with Crippen molar-refractivity contribution in [2.45, 2.75) is 70.8 Å². The van der Waals surface area contributed by atoms with Crippen LogP contribution in [0.25, 0.3) is 0 Å². The molecule has 0 fully saturated rings. The van der Waals surface area contributed by atoms with Gasteiger partial charge < -0.3 is 25.4 Å². The number of unbranched alkanes of at least 4 members (excludes halogenated alkanes) is 1.